The first kappa shape index (κ1) is 12.7. The Kier molecular flexibility index (Phi) is 2.66. The highest BCUT2D eigenvalue weighted by molar-refractivity contribution is 5.86. The Balaban J connectivity index is 1.74. The van der Waals surface area contributed by atoms with Gasteiger partial charge < -0.3 is 9.80 Å². The van der Waals surface area contributed by atoms with E-state index in [1.54, 1.807) is 5.56 Å². The van der Waals surface area contributed by atoms with Crippen molar-refractivity contribution in [3.8, 4) is 11.1 Å². The van der Waals surface area contributed by atoms with Gasteiger partial charge in [0.2, 0.25) is 0 Å². The van der Waals surface area contributed by atoms with E-state index >= 15 is 0 Å². The second-order valence-corrected chi connectivity index (χ2v) is 7.07. The first-order chi connectivity index (χ1) is 10.8. The van der Waals surface area contributed by atoms with E-state index in [1.165, 1.54) is 54.9 Å². The number of likely N-dealkylation sites (tertiary alicyclic amines) is 1. The maximum atomic E-state index is 2.74. The topological polar surface area (TPSA) is 6.48 Å². The van der Waals surface area contributed by atoms with Gasteiger partial charge in [0.05, 0.1) is 0 Å². The molecule has 0 radical (unpaired) electrons. The summed E-state index contributed by atoms with van der Waals surface area (Å²) >= 11 is 0. The maximum Gasteiger partial charge on any atom is 0.0485 e. The molecular weight excluding hydrogens is 268 g/mol. The molecule has 0 saturated carbocycles. The van der Waals surface area contributed by atoms with Crippen molar-refractivity contribution in [1.82, 2.24) is 4.90 Å². The van der Waals surface area contributed by atoms with E-state index in [0.717, 1.165) is 0 Å². The number of rotatable bonds is 0. The minimum atomic E-state index is 0.693. The van der Waals surface area contributed by atoms with Crippen LogP contribution in [0.1, 0.15) is 23.5 Å². The molecule has 2 aromatic rings. The first-order valence-corrected chi connectivity index (χ1v) is 8.49. The molecule has 0 aromatic heterocycles. The van der Waals surface area contributed by atoms with Crippen molar-refractivity contribution in [2.24, 2.45) is 0 Å². The minimum absolute atomic E-state index is 0.693. The van der Waals surface area contributed by atoms with Crippen LogP contribution in [0, 0.1) is 0 Å². The lowest BCUT2D eigenvalue weighted by Gasteiger charge is -2.37. The molecule has 3 aliphatic heterocycles. The van der Waals surface area contributed by atoms with E-state index in [1.807, 2.05) is 0 Å². The first-order valence-electron chi connectivity index (χ1n) is 8.49. The molecule has 2 unspecified atom stereocenters. The number of piperidine rings is 1. The molecule has 3 heterocycles. The Bertz CT molecular complexity index is 736. The highest BCUT2D eigenvalue weighted by Crippen LogP contribution is 2.50. The largest absolute Gasteiger partial charge is 0.367 e. The third-order valence-electron chi connectivity index (χ3n) is 5.86. The van der Waals surface area contributed by atoms with Gasteiger partial charge in [-0.05, 0) is 43.1 Å². The van der Waals surface area contributed by atoms with Gasteiger partial charge in [0.25, 0.3) is 0 Å². The quantitative estimate of drug-likeness (QED) is 0.732. The molecule has 112 valence electrons. The Morgan fingerprint density at radius 1 is 0.955 bits per heavy atom. The number of anilines is 1. The highest BCUT2D eigenvalue weighted by atomic mass is 15.2. The Morgan fingerprint density at radius 3 is 2.77 bits per heavy atom. The molecule has 2 nitrogen and oxygen atoms in total. The molecule has 0 bridgehead atoms. The molecule has 0 amide bonds. The predicted octanol–water partition coefficient (Wildman–Crippen LogP) is 3.52. The van der Waals surface area contributed by atoms with Crippen molar-refractivity contribution >= 4 is 5.69 Å². The van der Waals surface area contributed by atoms with Crippen LogP contribution in [0.3, 0.4) is 0 Å². The number of benzene rings is 2. The molecule has 1 fully saturated rings. The molecule has 2 atom stereocenters. The van der Waals surface area contributed by atoms with Gasteiger partial charge in [-0.3, -0.25) is 0 Å². The molecule has 2 heteroatoms. The third kappa shape index (κ3) is 1.65. The minimum Gasteiger partial charge on any atom is -0.367 e. The van der Waals surface area contributed by atoms with E-state index < -0.39 is 0 Å². The summed E-state index contributed by atoms with van der Waals surface area (Å²) in [5.41, 5.74) is 7.55. The molecule has 0 aliphatic carbocycles. The zero-order valence-electron chi connectivity index (χ0n) is 13.1. The SMILES string of the molecule is CN1CCC2C(C1)c1cccc3c1N2CCc1ccccc1-3. The molecule has 5 rings (SSSR count). The van der Waals surface area contributed by atoms with Crippen LogP contribution in [0.5, 0.6) is 0 Å². The average molecular weight is 290 g/mol. The smallest absolute Gasteiger partial charge is 0.0485 e. The summed E-state index contributed by atoms with van der Waals surface area (Å²) in [6.45, 7) is 3.61. The van der Waals surface area contributed by atoms with Gasteiger partial charge >= 0.3 is 0 Å². The summed E-state index contributed by atoms with van der Waals surface area (Å²) in [5.74, 6) is 0.693. The van der Waals surface area contributed by atoms with Crippen LogP contribution in [0.25, 0.3) is 11.1 Å². The van der Waals surface area contributed by atoms with Crippen LogP contribution in [0.15, 0.2) is 42.5 Å². The van der Waals surface area contributed by atoms with Crippen LogP contribution < -0.4 is 4.90 Å². The Hall–Kier alpha value is -1.80. The van der Waals surface area contributed by atoms with Crippen molar-refractivity contribution in [3.05, 3.63) is 53.6 Å². The van der Waals surface area contributed by atoms with Crippen molar-refractivity contribution < 1.29 is 0 Å². The van der Waals surface area contributed by atoms with Crippen molar-refractivity contribution in [1.29, 1.82) is 0 Å². The summed E-state index contributed by atoms with van der Waals surface area (Å²) in [5, 5.41) is 0. The molecule has 1 saturated heterocycles. The predicted molar refractivity (Wildman–Crippen MR) is 91.6 cm³/mol. The number of hydrogen-bond acceptors (Lipinski definition) is 2. The van der Waals surface area contributed by atoms with Gasteiger partial charge in [0, 0.05) is 36.3 Å². The molecule has 0 spiro atoms. The Labute approximate surface area is 132 Å². The maximum absolute atomic E-state index is 2.74. The normalized spacial score (nSPS) is 26.1. The molecule has 3 aliphatic rings. The lowest BCUT2D eigenvalue weighted by Crippen LogP contribution is -2.45. The van der Waals surface area contributed by atoms with Gasteiger partial charge in [-0.15, -0.1) is 0 Å². The average Bonchev–Trinajstić information content (AvgIpc) is 2.75. The zero-order chi connectivity index (χ0) is 14.7. The number of nitrogens with zero attached hydrogens (tertiary/aromatic N) is 2. The number of hydrogen-bond donors (Lipinski definition) is 0. The lowest BCUT2D eigenvalue weighted by molar-refractivity contribution is 0.231. The van der Waals surface area contributed by atoms with E-state index in [9.17, 15) is 0 Å². The molecular formula is C20H22N2. The second-order valence-electron chi connectivity index (χ2n) is 7.07. The van der Waals surface area contributed by atoms with Crippen molar-refractivity contribution in [2.75, 3.05) is 31.6 Å². The Morgan fingerprint density at radius 2 is 1.82 bits per heavy atom. The van der Waals surface area contributed by atoms with Gasteiger partial charge in [-0.25, -0.2) is 0 Å². The van der Waals surface area contributed by atoms with Crippen molar-refractivity contribution in [3.63, 3.8) is 0 Å². The van der Waals surface area contributed by atoms with Gasteiger partial charge in [0.15, 0.2) is 0 Å². The van der Waals surface area contributed by atoms with Crippen LogP contribution >= 0.6 is 0 Å². The molecule has 0 N–H and O–H groups in total. The van der Waals surface area contributed by atoms with Crippen molar-refractivity contribution in [2.45, 2.75) is 24.8 Å². The summed E-state index contributed by atoms with van der Waals surface area (Å²) in [4.78, 5) is 5.24. The summed E-state index contributed by atoms with van der Waals surface area (Å²) in [6, 6.07) is 16.7. The molecule has 22 heavy (non-hydrogen) atoms. The fourth-order valence-corrected chi connectivity index (χ4v) is 4.87. The second kappa shape index (κ2) is 4.60. The zero-order valence-corrected chi connectivity index (χ0v) is 13.1. The van der Waals surface area contributed by atoms with E-state index in [-0.39, 0.29) is 0 Å². The van der Waals surface area contributed by atoms with Gasteiger partial charge in [0.1, 0.15) is 0 Å². The van der Waals surface area contributed by atoms with Crippen LogP contribution in [0.2, 0.25) is 0 Å². The lowest BCUT2D eigenvalue weighted by atomic mass is 9.87. The van der Waals surface area contributed by atoms with Crippen LogP contribution in [-0.4, -0.2) is 37.6 Å². The monoisotopic (exact) mass is 290 g/mol. The van der Waals surface area contributed by atoms with Gasteiger partial charge in [-0.2, -0.15) is 0 Å². The summed E-state index contributed by atoms with van der Waals surface area (Å²) in [7, 11) is 2.27. The van der Waals surface area contributed by atoms with Gasteiger partial charge in [-0.1, -0.05) is 42.5 Å². The fraction of sp³-hybridized carbons (Fsp3) is 0.400. The van der Waals surface area contributed by atoms with Crippen LogP contribution in [-0.2, 0) is 6.42 Å². The third-order valence-corrected chi connectivity index (χ3v) is 5.86. The fourth-order valence-electron chi connectivity index (χ4n) is 4.87. The van der Waals surface area contributed by atoms with E-state index in [4.69, 9.17) is 0 Å². The summed E-state index contributed by atoms with van der Waals surface area (Å²) in [6.07, 6.45) is 2.47. The summed E-state index contributed by atoms with van der Waals surface area (Å²) < 4.78 is 0. The van der Waals surface area contributed by atoms with E-state index in [0.29, 0.717) is 12.0 Å². The molecule has 2 aromatic carbocycles. The number of fused-ring (bicyclic) bond motifs is 5. The number of likely N-dealkylation sites (N-methyl/N-ethyl adjacent to an activating group) is 1. The van der Waals surface area contributed by atoms with Crippen LogP contribution in [0.4, 0.5) is 5.69 Å². The van der Waals surface area contributed by atoms with E-state index in [2.05, 4.69) is 59.3 Å². The standard InChI is InChI=1S/C20H22N2/c1-21-11-10-19-18(13-21)17-8-4-7-16-15-6-3-2-5-14(15)9-12-22(19)20(16)17/h2-8,18-19H,9-13H2,1H3. The highest BCUT2D eigenvalue weighted by Gasteiger charge is 2.42. The number of para-hydroxylation sites is 1.